The Labute approximate surface area is 203 Å². The summed E-state index contributed by atoms with van der Waals surface area (Å²) in [6.45, 7) is 2.46. The molecular formula is C27H37O6P. The molecule has 0 fully saturated rings. The zero-order chi connectivity index (χ0) is 24.8. The van der Waals surface area contributed by atoms with Crippen molar-refractivity contribution in [3.05, 3.63) is 54.1 Å². The third-order valence-corrected chi connectivity index (χ3v) is 8.47. The first kappa shape index (κ1) is 27.7. The van der Waals surface area contributed by atoms with Crippen molar-refractivity contribution in [3.8, 4) is 11.5 Å². The normalized spacial score (nSPS) is 12.6. The molecule has 0 amide bonds. The van der Waals surface area contributed by atoms with Crippen LogP contribution >= 0.6 is 7.14 Å². The Morgan fingerprint density at radius 3 is 1.88 bits per heavy atom. The highest BCUT2D eigenvalue weighted by Gasteiger charge is 2.40. The third kappa shape index (κ3) is 7.73. The topological polar surface area (TPSA) is 78.9 Å². The highest BCUT2D eigenvalue weighted by atomic mass is 31.2. The summed E-state index contributed by atoms with van der Waals surface area (Å²) in [5, 5.41) is 0.303. The second-order valence-electron chi connectivity index (χ2n) is 8.27. The van der Waals surface area contributed by atoms with Crippen LogP contribution in [0.2, 0.25) is 0 Å². The monoisotopic (exact) mass is 488 g/mol. The molecule has 0 aliphatic carbocycles. The Bertz CT molecular complexity index is 935. The van der Waals surface area contributed by atoms with Crippen LogP contribution < -0.4 is 14.8 Å². The van der Waals surface area contributed by atoms with Gasteiger partial charge in [0.15, 0.2) is 7.14 Å². The van der Waals surface area contributed by atoms with E-state index >= 15 is 0 Å². The van der Waals surface area contributed by atoms with Crippen LogP contribution in [-0.4, -0.2) is 38.5 Å². The summed E-state index contributed by atoms with van der Waals surface area (Å²) >= 11 is 0. The fraction of sp³-hybridized carbons (Fsp3) is 0.481. The van der Waals surface area contributed by atoms with Gasteiger partial charge in [-0.15, -0.1) is 0 Å². The first-order valence-electron chi connectivity index (χ1n) is 12.0. The molecule has 2 rings (SSSR count). The zero-order valence-corrected chi connectivity index (χ0v) is 21.5. The predicted molar refractivity (Wildman–Crippen MR) is 136 cm³/mol. The Hall–Kier alpha value is -2.59. The molecule has 34 heavy (non-hydrogen) atoms. The van der Waals surface area contributed by atoms with Gasteiger partial charge in [0.2, 0.25) is 5.52 Å². The van der Waals surface area contributed by atoms with Crippen molar-refractivity contribution in [3.63, 3.8) is 0 Å². The molecule has 0 aliphatic rings. The van der Waals surface area contributed by atoms with Gasteiger partial charge in [0.05, 0.1) is 20.8 Å². The number of hydrogen-bond donors (Lipinski definition) is 0. The first-order chi connectivity index (χ1) is 16.5. The maximum Gasteiger partial charge on any atom is 0.314 e. The van der Waals surface area contributed by atoms with Crippen LogP contribution in [0.3, 0.4) is 0 Å². The lowest BCUT2D eigenvalue weighted by molar-refractivity contribution is -0.140. The molecule has 2 aromatic carbocycles. The van der Waals surface area contributed by atoms with Crippen molar-refractivity contribution in [2.24, 2.45) is 0 Å². The summed E-state index contributed by atoms with van der Waals surface area (Å²) in [5.74, 6) is -0.155. The smallest absolute Gasteiger partial charge is 0.314 e. The summed E-state index contributed by atoms with van der Waals surface area (Å²) in [6, 6.07) is 13.2. The van der Waals surface area contributed by atoms with E-state index in [0.717, 1.165) is 19.3 Å². The second-order valence-corrected chi connectivity index (χ2v) is 11.0. The summed E-state index contributed by atoms with van der Waals surface area (Å²) in [4.78, 5) is 26.3. The lowest BCUT2D eigenvalue weighted by atomic mass is 10.1. The van der Waals surface area contributed by atoms with E-state index in [1.54, 1.807) is 48.5 Å². The minimum atomic E-state index is -3.87. The van der Waals surface area contributed by atoms with Crippen LogP contribution in [0.4, 0.5) is 0 Å². The predicted octanol–water partition coefficient (Wildman–Crippen LogP) is 6.22. The van der Waals surface area contributed by atoms with E-state index in [1.807, 2.05) is 0 Å². The zero-order valence-electron chi connectivity index (χ0n) is 20.6. The molecule has 7 heteroatoms. The summed E-state index contributed by atoms with van der Waals surface area (Å²) < 4.78 is 30.2. The molecule has 0 heterocycles. The number of hydrogen-bond acceptors (Lipinski definition) is 6. The van der Waals surface area contributed by atoms with E-state index in [-0.39, 0.29) is 23.7 Å². The van der Waals surface area contributed by atoms with Gasteiger partial charge in [0, 0.05) is 5.30 Å². The molecule has 186 valence electrons. The summed E-state index contributed by atoms with van der Waals surface area (Å²) in [6.07, 6.45) is 8.54. The molecule has 0 saturated heterocycles. The van der Waals surface area contributed by atoms with Gasteiger partial charge < -0.3 is 18.8 Å². The average molecular weight is 489 g/mol. The van der Waals surface area contributed by atoms with E-state index in [9.17, 15) is 14.2 Å². The molecule has 0 saturated carbocycles. The first-order valence-corrected chi connectivity index (χ1v) is 13.9. The molecule has 1 unspecified atom stereocenters. The Kier molecular flexibility index (Phi) is 11.9. The van der Waals surface area contributed by atoms with Crippen LogP contribution in [0, 0.1) is 0 Å². The Morgan fingerprint density at radius 2 is 1.32 bits per heavy atom. The number of benzene rings is 2. The molecular weight excluding hydrogens is 451 g/mol. The second kappa shape index (κ2) is 14.6. The van der Waals surface area contributed by atoms with Gasteiger partial charge in [-0.1, -0.05) is 88.3 Å². The van der Waals surface area contributed by atoms with Crippen molar-refractivity contribution in [2.75, 3.05) is 27.0 Å². The Morgan fingerprint density at radius 1 is 0.765 bits per heavy atom. The number of ether oxygens (including phenoxy) is 3. The molecule has 0 spiro atoms. The quantitative estimate of drug-likeness (QED) is 0.159. The highest BCUT2D eigenvalue weighted by Crippen LogP contribution is 2.51. The van der Waals surface area contributed by atoms with Crippen LogP contribution in [0.15, 0.2) is 48.5 Å². The van der Waals surface area contributed by atoms with E-state index in [2.05, 4.69) is 6.92 Å². The highest BCUT2D eigenvalue weighted by molar-refractivity contribution is 7.88. The molecule has 0 aliphatic heterocycles. The molecule has 6 nitrogen and oxygen atoms in total. The largest absolute Gasteiger partial charge is 0.496 e. The van der Waals surface area contributed by atoms with E-state index in [1.165, 1.54) is 46.3 Å². The van der Waals surface area contributed by atoms with Crippen molar-refractivity contribution in [1.82, 2.24) is 0 Å². The van der Waals surface area contributed by atoms with Gasteiger partial charge in [0.1, 0.15) is 23.2 Å². The van der Waals surface area contributed by atoms with Crippen molar-refractivity contribution in [1.29, 1.82) is 0 Å². The van der Waals surface area contributed by atoms with Gasteiger partial charge in [-0.05, 0) is 18.6 Å². The molecule has 0 N–H and O–H groups in total. The number of methoxy groups -OCH3 is 2. The summed E-state index contributed by atoms with van der Waals surface area (Å²) in [7, 11) is -1.02. The van der Waals surface area contributed by atoms with Gasteiger partial charge in [-0.3, -0.25) is 9.59 Å². The molecule has 1 atom stereocenters. The maximum absolute atomic E-state index is 14.2. The SMILES string of the molecule is CCCCCCCCCCOC(=O)CP(=O)(C(=O)c1c(OC)cccc1OC)c1ccccc1. The number of carbonyl (C=O) groups excluding carboxylic acids is 2. The third-order valence-electron chi connectivity index (χ3n) is 5.76. The Balaban J connectivity index is 2.09. The fourth-order valence-electron chi connectivity index (χ4n) is 3.84. The van der Waals surface area contributed by atoms with E-state index in [4.69, 9.17) is 14.2 Å². The molecule has 0 aromatic heterocycles. The van der Waals surface area contributed by atoms with Gasteiger partial charge in [-0.25, -0.2) is 0 Å². The fourth-order valence-corrected chi connectivity index (χ4v) is 6.09. The average Bonchev–Trinajstić information content (AvgIpc) is 2.87. The number of carbonyl (C=O) groups is 2. The van der Waals surface area contributed by atoms with Crippen LogP contribution in [0.25, 0.3) is 0 Å². The lowest BCUT2D eigenvalue weighted by Crippen LogP contribution is -2.22. The van der Waals surface area contributed by atoms with Crippen LogP contribution in [0.1, 0.15) is 68.6 Å². The summed E-state index contributed by atoms with van der Waals surface area (Å²) in [5.41, 5.74) is -0.618. The van der Waals surface area contributed by atoms with E-state index < -0.39 is 24.8 Å². The number of rotatable bonds is 16. The maximum atomic E-state index is 14.2. The lowest BCUT2D eigenvalue weighted by Gasteiger charge is -2.20. The number of unbranched alkanes of at least 4 members (excludes halogenated alkanes) is 7. The van der Waals surface area contributed by atoms with Crippen LogP contribution in [0.5, 0.6) is 11.5 Å². The minimum Gasteiger partial charge on any atom is -0.496 e. The van der Waals surface area contributed by atoms with Crippen molar-refractivity contribution in [2.45, 2.75) is 58.3 Å². The van der Waals surface area contributed by atoms with E-state index in [0.29, 0.717) is 5.30 Å². The number of esters is 1. The molecule has 2 aromatic rings. The van der Waals surface area contributed by atoms with Crippen molar-refractivity contribution < 1.29 is 28.4 Å². The van der Waals surface area contributed by atoms with Gasteiger partial charge in [-0.2, -0.15) is 0 Å². The minimum absolute atomic E-state index is 0.0653. The van der Waals surface area contributed by atoms with Crippen molar-refractivity contribution >= 4 is 23.9 Å². The van der Waals surface area contributed by atoms with Crippen LogP contribution in [-0.2, 0) is 14.1 Å². The molecule has 0 bridgehead atoms. The van der Waals surface area contributed by atoms with Gasteiger partial charge >= 0.3 is 5.97 Å². The molecule has 0 radical (unpaired) electrons. The standard InChI is InChI=1S/C27H37O6P/c1-4-5-6-7-8-9-10-14-20-33-25(28)21-34(30,22-16-12-11-13-17-22)27(29)26-23(31-2)18-15-19-24(26)32-3/h11-13,15-19H,4-10,14,20-21H2,1-3H3. The van der Waals surface area contributed by atoms with Gasteiger partial charge in [0.25, 0.3) is 0 Å².